The Morgan fingerprint density at radius 1 is 1.40 bits per heavy atom. The summed E-state index contributed by atoms with van der Waals surface area (Å²) in [6.07, 6.45) is 4.02. The molecule has 0 atom stereocenters. The molecule has 1 aliphatic heterocycles. The van der Waals surface area contributed by atoms with Crippen molar-refractivity contribution in [1.82, 2.24) is 5.43 Å². The molecule has 0 radical (unpaired) electrons. The van der Waals surface area contributed by atoms with Gasteiger partial charge in [-0.2, -0.15) is 0 Å². The van der Waals surface area contributed by atoms with Gasteiger partial charge in [-0.1, -0.05) is 6.42 Å². The van der Waals surface area contributed by atoms with Crippen LogP contribution in [0.1, 0.15) is 19.3 Å². The Bertz CT molecular complexity index is 124. The number of nitrogens with two attached hydrogens (primary N) is 1. The third kappa shape index (κ3) is 0.713. The molecule has 0 bridgehead atoms. The number of hydrogen-bond donors (Lipinski definition) is 2. The van der Waals surface area contributed by atoms with Crippen LogP contribution in [0, 0.1) is 5.92 Å². The molecule has 3 N–H and O–H groups in total. The fourth-order valence-electron chi connectivity index (χ4n) is 1.72. The molecule has 2 fully saturated rings. The van der Waals surface area contributed by atoms with Crippen LogP contribution < -0.4 is 11.3 Å². The van der Waals surface area contributed by atoms with Crippen molar-refractivity contribution in [3.05, 3.63) is 0 Å². The van der Waals surface area contributed by atoms with Crippen molar-refractivity contribution in [2.75, 3.05) is 13.2 Å². The monoisotopic (exact) mass is 142 g/mol. The normalized spacial score (nSPS) is 30.9. The summed E-state index contributed by atoms with van der Waals surface area (Å²) in [7, 11) is 0. The molecular formula is C7H14N2O. The molecule has 2 aliphatic rings. The Morgan fingerprint density at radius 3 is 2.20 bits per heavy atom. The van der Waals surface area contributed by atoms with Gasteiger partial charge in [0.1, 0.15) is 0 Å². The summed E-state index contributed by atoms with van der Waals surface area (Å²) in [4.78, 5) is 0. The van der Waals surface area contributed by atoms with E-state index in [9.17, 15) is 0 Å². The Hall–Kier alpha value is -0.120. The fourth-order valence-corrected chi connectivity index (χ4v) is 1.72. The molecule has 10 heavy (non-hydrogen) atoms. The molecule has 3 nitrogen and oxygen atoms in total. The first-order valence-corrected chi connectivity index (χ1v) is 3.93. The van der Waals surface area contributed by atoms with Crippen LogP contribution in [0.5, 0.6) is 0 Å². The maximum atomic E-state index is 5.45. The summed E-state index contributed by atoms with van der Waals surface area (Å²) in [6, 6.07) is 0. The van der Waals surface area contributed by atoms with E-state index in [0.29, 0.717) is 0 Å². The van der Waals surface area contributed by atoms with Gasteiger partial charge in [-0.05, 0) is 18.8 Å². The third-order valence-electron chi connectivity index (χ3n) is 2.89. The average molecular weight is 142 g/mol. The average Bonchev–Trinajstić information content (AvgIpc) is 1.73. The second-order valence-electron chi connectivity index (χ2n) is 3.42. The van der Waals surface area contributed by atoms with E-state index in [4.69, 9.17) is 10.6 Å². The van der Waals surface area contributed by atoms with Crippen LogP contribution in [-0.4, -0.2) is 18.8 Å². The van der Waals surface area contributed by atoms with Crippen molar-refractivity contribution < 1.29 is 4.74 Å². The molecular weight excluding hydrogens is 128 g/mol. The minimum Gasteiger partial charge on any atom is -0.377 e. The van der Waals surface area contributed by atoms with Gasteiger partial charge >= 0.3 is 0 Å². The van der Waals surface area contributed by atoms with Crippen LogP contribution in [0.2, 0.25) is 0 Å². The van der Waals surface area contributed by atoms with Gasteiger partial charge in [-0.3, -0.25) is 5.84 Å². The highest BCUT2D eigenvalue weighted by molar-refractivity contribution is 5.01. The van der Waals surface area contributed by atoms with Crippen LogP contribution >= 0.6 is 0 Å². The lowest BCUT2D eigenvalue weighted by atomic mass is 9.70. The summed E-state index contributed by atoms with van der Waals surface area (Å²) in [5, 5.41) is 0. The van der Waals surface area contributed by atoms with E-state index in [1.165, 1.54) is 19.3 Å². The Labute approximate surface area is 60.9 Å². The van der Waals surface area contributed by atoms with E-state index in [1.807, 2.05) is 0 Å². The molecule has 1 saturated heterocycles. The van der Waals surface area contributed by atoms with Gasteiger partial charge in [0.15, 0.2) is 0 Å². The number of hydrazine groups is 1. The molecule has 3 heteroatoms. The van der Waals surface area contributed by atoms with Crippen molar-refractivity contribution in [2.45, 2.75) is 24.8 Å². The maximum absolute atomic E-state index is 5.45. The zero-order valence-corrected chi connectivity index (χ0v) is 6.10. The predicted octanol–water partition coefficient (Wildman–Crippen LogP) is 0.0188. The van der Waals surface area contributed by atoms with Crippen molar-refractivity contribution in [1.29, 1.82) is 0 Å². The molecule has 1 heterocycles. The van der Waals surface area contributed by atoms with Gasteiger partial charge in [0, 0.05) is 0 Å². The van der Waals surface area contributed by atoms with Crippen LogP contribution in [0.25, 0.3) is 0 Å². The summed E-state index contributed by atoms with van der Waals surface area (Å²) >= 11 is 0. The van der Waals surface area contributed by atoms with Crippen LogP contribution in [0.4, 0.5) is 0 Å². The molecule has 1 saturated carbocycles. The van der Waals surface area contributed by atoms with Gasteiger partial charge < -0.3 is 4.74 Å². The van der Waals surface area contributed by atoms with Crippen LogP contribution in [0.3, 0.4) is 0 Å². The predicted molar refractivity (Wildman–Crippen MR) is 38.2 cm³/mol. The lowest BCUT2D eigenvalue weighted by molar-refractivity contribution is -0.120. The summed E-state index contributed by atoms with van der Waals surface area (Å²) < 4.78 is 5.14. The molecule has 0 aromatic heterocycles. The quantitative estimate of drug-likeness (QED) is 0.422. The minimum atomic E-state index is 0.165. The molecule has 58 valence electrons. The zero-order chi connectivity index (χ0) is 7.03. The Balaban J connectivity index is 1.96. The van der Waals surface area contributed by atoms with Gasteiger partial charge in [0.05, 0.1) is 18.8 Å². The highest BCUT2D eigenvalue weighted by Crippen LogP contribution is 2.39. The number of ether oxygens (including phenoxy) is 1. The van der Waals surface area contributed by atoms with E-state index in [2.05, 4.69) is 5.43 Å². The van der Waals surface area contributed by atoms with Crippen molar-refractivity contribution in [3.63, 3.8) is 0 Å². The van der Waals surface area contributed by atoms with Gasteiger partial charge in [-0.25, -0.2) is 5.43 Å². The summed E-state index contributed by atoms with van der Waals surface area (Å²) in [5.41, 5.74) is 3.06. The molecule has 0 spiro atoms. The number of rotatable bonds is 2. The standard InChI is InChI=1S/C7H14N2O/c8-9-7(4-10-5-7)6-2-1-3-6/h6,9H,1-5,8H2. The second kappa shape index (κ2) is 2.19. The lowest BCUT2D eigenvalue weighted by Crippen LogP contribution is -2.68. The first kappa shape index (κ1) is 6.58. The largest absolute Gasteiger partial charge is 0.377 e. The van der Waals surface area contributed by atoms with E-state index in [-0.39, 0.29) is 5.54 Å². The first-order valence-electron chi connectivity index (χ1n) is 3.93. The molecule has 0 amide bonds. The van der Waals surface area contributed by atoms with E-state index >= 15 is 0 Å². The fraction of sp³-hybridized carbons (Fsp3) is 1.00. The molecule has 2 rings (SSSR count). The number of hydrogen-bond acceptors (Lipinski definition) is 3. The molecule has 1 aliphatic carbocycles. The van der Waals surface area contributed by atoms with Gasteiger partial charge in [0.25, 0.3) is 0 Å². The first-order chi connectivity index (χ1) is 4.87. The highest BCUT2D eigenvalue weighted by atomic mass is 16.5. The summed E-state index contributed by atoms with van der Waals surface area (Å²) in [6.45, 7) is 1.63. The smallest absolute Gasteiger partial charge is 0.0814 e. The Kier molecular flexibility index (Phi) is 1.44. The Morgan fingerprint density at radius 2 is 2.10 bits per heavy atom. The van der Waals surface area contributed by atoms with Crippen LogP contribution in [0.15, 0.2) is 0 Å². The van der Waals surface area contributed by atoms with Gasteiger partial charge in [-0.15, -0.1) is 0 Å². The maximum Gasteiger partial charge on any atom is 0.0814 e. The zero-order valence-electron chi connectivity index (χ0n) is 6.10. The van der Waals surface area contributed by atoms with Crippen LogP contribution in [-0.2, 0) is 4.74 Å². The molecule has 0 aromatic carbocycles. The second-order valence-corrected chi connectivity index (χ2v) is 3.42. The van der Waals surface area contributed by atoms with Gasteiger partial charge in [0.2, 0.25) is 0 Å². The molecule has 0 aromatic rings. The van der Waals surface area contributed by atoms with E-state index in [0.717, 1.165) is 19.1 Å². The van der Waals surface area contributed by atoms with E-state index < -0.39 is 0 Å². The summed E-state index contributed by atoms with van der Waals surface area (Å²) in [5.74, 6) is 6.23. The minimum absolute atomic E-state index is 0.165. The molecule has 0 unspecified atom stereocenters. The topological polar surface area (TPSA) is 47.3 Å². The van der Waals surface area contributed by atoms with E-state index in [1.54, 1.807) is 0 Å². The van der Waals surface area contributed by atoms with Crippen molar-refractivity contribution >= 4 is 0 Å². The number of nitrogens with one attached hydrogen (secondary N) is 1. The van der Waals surface area contributed by atoms with Crippen molar-refractivity contribution in [3.8, 4) is 0 Å². The SMILES string of the molecule is NNC1(C2CCC2)COC1. The third-order valence-corrected chi connectivity index (χ3v) is 2.89. The van der Waals surface area contributed by atoms with Crippen molar-refractivity contribution in [2.24, 2.45) is 11.8 Å². The lowest BCUT2D eigenvalue weighted by Gasteiger charge is -2.50. The highest BCUT2D eigenvalue weighted by Gasteiger charge is 2.46.